The van der Waals surface area contributed by atoms with Gasteiger partial charge in [0.05, 0.1) is 5.92 Å². The highest BCUT2D eigenvalue weighted by atomic mass is 16.4. The fraction of sp³-hybridized carbons (Fsp3) is 0.643. The number of aromatic nitrogens is 2. The third kappa shape index (κ3) is 5.09. The highest BCUT2D eigenvalue weighted by Gasteiger charge is 2.26. The molecule has 116 valence electrons. The van der Waals surface area contributed by atoms with Crippen LogP contribution in [0.2, 0.25) is 0 Å². The minimum Gasteiger partial charge on any atom is -0.481 e. The summed E-state index contributed by atoms with van der Waals surface area (Å²) >= 11 is 0. The first kappa shape index (κ1) is 15.3. The average molecular weight is 294 g/mol. The fourth-order valence-electron chi connectivity index (χ4n) is 2.61. The van der Waals surface area contributed by atoms with E-state index in [0.717, 1.165) is 31.5 Å². The number of aliphatic carboxylic acids is 1. The SMILES string of the molecule is O=C(NCCCc1ncc[nH]1)NC1CCC(C(=O)O)CC1. The van der Waals surface area contributed by atoms with Crippen LogP contribution in [0.1, 0.15) is 37.9 Å². The second-order valence-electron chi connectivity index (χ2n) is 5.43. The molecule has 0 spiro atoms. The van der Waals surface area contributed by atoms with Gasteiger partial charge in [-0.1, -0.05) is 0 Å². The lowest BCUT2D eigenvalue weighted by molar-refractivity contribution is -0.142. The molecule has 1 heterocycles. The number of nitrogens with one attached hydrogen (secondary N) is 3. The Bertz CT molecular complexity index is 453. The molecule has 1 aromatic heterocycles. The Morgan fingerprint density at radius 3 is 2.71 bits per heavy atom. The topological polar surface area (TPSA) is 107 Å². The van der Waals surface area contributed by atoms with E-state index in [4.69, 9.17) is 5.11 Å². The number of carboxylic acids is 1. The third-order valence-electron chi connectivity index (χ3n) is 3.84. The minimum atomic E-state index is -0.726. The molecule has 0 atom stereocenters. The Labute approximate surface area is 123 Å². The second kappa shape index (κ2) is 7.66. The summed E-state index contributed by atoms with van der Waals surface area (Å²) < 4.78 is 0. The molecule has 1 saturated carbocycles. The largest absolute Gasteiger partial charge is 0.481 e. The van der Waals surface area contributed by atoms with Crippen LogP contribution in [-0.4, -0.2) is 39.7 Å². The number of hydrogen-bond donors (Lipinski definition) is 4. The van der Waals surface area contributed by atoms with E-state index in [0.29, 0.717) is 19.4 Å². The number of H-pyrrole nitrogens is 1. The van der Waals surface area contributed by atoms with Crippen LogP contribution in [0.4, 0.5) is 4.79 Å². The maximum Gasteiger partial charge on any atom is 0.315 e. The average Bonchev–Trinajstić information content (AvgIpc) is 2.97. The molecular formula is C14H22N4O3. The molecule has 4 N–H and O–H groups in total. The van der Waals surface area contributed by atoms with Crippen molar-refractivity contribution >= 4 is 12.0 Å². The van der Waals surface area contributed by atoms with Crippen molar-refractivity contribution in [2.45, 2.75) is 44.6 Å². The number of nitrogens with zero attached hydrogens (tertiary/aromatic N) is 1. The van der Waals surface area contributed by atoms with Gasteiger partial charge in [0.1, 0.15) is 5.82 Å². The van der Waals surface area contributed by atoms with Crippen LogP contribution < -0.4 is 10.6 Å². The maximum absolute atomic E-state index is 11.7. The number of rotatable bonds is 6. The van der Waals surface area contributed by atoms with Crippen LogP contribution >= 0.6 is 0 Å². The zero-order chi connectivity index (χ0) is 15.1. The first-order valence-corrected chi connectivity index (χ1v) is 7.40. The number of hydrogen-bond acceptors (Lipinski definition) is 3. The van der Waals surface area contributed by atoms with Crippen LogP contribution in [0.25, 0.3) is 0 Å². The maximum atomic E-state index is 11.7. The standard InChI is InChI=1S/C14H22N4O3/c19-13(20)10-3-5-11(6-4-10)18-14(21)17-7-1-2-12-15-8-9-16-12/h8-11H,1-7H2,(H,15,16)(H,19,20)(H2,17,18,21). The molecule has 0 aromatic carbocycles. The smallest absolute Gasteiger partial charge is 0.315 e. The number of carbonyl (C=O) groups is 2. The monoisotopic (exact) mass is 294 g/mol. The summed E-state index contributed by atoms with van der Waals surface area (Å²) in [4.78, 5) is 29.7. The molecule has 1 fully saturated rings. The fourth-order valence-corrected chi connectivity index (χ4v) is 2.61. The van der Waals surface area contributed by atoms with Crippen molar-refractivity contribution in [3.8, 4) is 0 Å². The number of carbonyl (C=O) groups excluding carboxylic acids is 1. The Kier molecular flexibility index (Phi) is 5.59. The van der Waals surface area contributed by atoms with E-state index < -0.39 is 5.97 Å². The molecule has 1 aromatic rings. The van der Waals surface area contributed by atoms with E-state index in [1.165, 1.54) is 0 Å². The van der Waals surface area contributed by atoms with Gasteiger partial charge in [0, 0.05) is 31.4 Å². The molecule has 0 radical (unpaired) electrons. The molecule has 2 amide bonds. The van der Waals surface area contributed by atoms with Gasteiger partial charge in [0.25, 0.3) is 0 Å². The Hall–Kier alpha value is -2.05. The van der Waals surface area contributed by atoms with Gasteiger partial charge < -0.3 is 20.7 Å². The zero-order valence-electron chi connectivity index (χ0n) is 12.0. The van der Waals surface area contributed by atoms with Crippen molar-refractivity contribution in [3.05, 3.63) is 18.2 Å². The molecule has 7 heteroatoms. The van der Waals surface area contributed by atoms with Crippen LogP contribution in [0.3, 0.4) is 0 Å². The Morgan fingerprint density at radius 2 is 2.10 bits per heavy atom. The van der Waals surface area contributed by atoms with Gasteiger partial charge >= 0.3 is 12.0 Å². The van der Waals surface area contributed by atoms with E-state index >= 15 is 0 Å². The molecule has 0 aliphatic heterocycles. The Morgan fingerprint density at radius 1 is 1.33 bits per heavy atom. The number of urea groups is 1. The molecule has 0 unspecified atom stereocenters. The lowest BCUT2D eigenvalue weighted by atomic mass is 9.86. The lowest BCUT2D eigenvalue weighted by Gasteiger charge is -2.26. The Balaban J connectivity index is 1.56. The highest BCUT2D eigenvalue weighted by Crippen LogP contribution is 2.24. The van der Waals surface area contributed by atoms with Crippen LogP contribution in [0.15, 0.2) is 12.4 Å². The first-order chi connectivity index (χ1) is 10.1. The zero-order valence-corrected chi connectivity index (χ0v) is 12.0. The van der Waals surface area contributed by atoms with Gasteiger partial charge in [-0.05, 0) is 32.1 Å². The number of aromatic amines is 1. The molecule has 1 aliphatic carbocycles. The van der Waals surface area contributed by atoms with Crippen molar-refractivity contribution in [2.24, 2.45) is 5.92 Å². The molecule has 0 saturated heterocycles. The van der Waals surface area contributed by atoms with Crippen molar-refractivity contribution in [1.82, 2.24) is 20.6 Å². The van der Waals surface area contributed by atoms with Crippen LogP contribution in [-0.2, 0) is 11.2 Å². The van der Waals surface area contributed by atoms with E-state index in [1.54, 1.807) is 12.4 Å². The second-order valence-corrected chi connectivity index (χ2v) is 5.43. The van der Waals surface area contributed by atoms with Crippen LogP contribution in [0, 0.1) is 5.92 Å². The molecule has 7 nitrogen and oxygen atoms in total. The molecule has 1 aliphatic rings. The summed E-state index contributed by atoms with van der Waals surface area (Å²) in [5, 5.41) is 14.6. The van der Waals surface area contributed by atoms with Gasteiger partial charge in [-0.25, -0.2) is 9.78 Å². The van der Waals surface area contributed by atoms with Crippen molar-refractivity contribution in [1.29, 1.82) is 0 Å². The summed E-state index contributed by atoms with van der Waals surface area (Å²) in [5.41, 5.74) is 0. The summed E-state index contributed by atoms with van der Waals surface area (Å²) in [6, 6.07) is -0.0844. The summed E-state index contributed by atoms with van der Waals surface area (Å²) in [6.07, 6.45) is 7.86. The van der Waals surface area contributed by atoms with E-state index in [-0.39, 0.29) is 18.0 Å². The van der Waals surface area contributed by atoms with Gasteiger partial charge in [-0.3, -0.25) is 4.79 Å². The van der Waals surface area contributed by atoms with E-state index in [1.807, 2.05) is 0 Å². The first-order valence-electron chi connectivity index (χ1n) is 7.40. The van der Waals surface area contributed by atoms with Gasteiger partial charge in [-0.15, -0.1) is 0 Å². The predicted molar refractivity (Wildman–Crippen MR) is 76.8 cm³/mol. The number of aryl methyl sites for hydroxylation is 1. The van der Waals surface area contributed by atoms with Crippen LogP contribution in [0.5, 0.6) is 0 Å². The van der Waals surface area contributed by atoms with Crippen molar-refractivity contribution in [2.75, 3.05) is 6.54 Å². The van der Waals surface area contributed by atoms with Gasteiger partial charge in [0.2, 0.25) is 0 Å². The molecular weight excluding hydrogens is 272 g/mol. The minimum absolute atomic E-state index is 0.0886. The number of amides is 2. The van der Waals surface area contributed by atoms with Crippen molar-refractivity contribution in [3.63, 3.8) is 0 Å². The summed E-state index contributed by atoms with van der Waals surface area (Å²) in [6.45, 7) is 0.594. The molecule has 2 rings (SSSR count). The van der Waals surface area contributed by atoms with Gasteiger partial charge in [0.15, 0.2) is 0 Å². The number of carboxylic acid groups (broad SMARTS) is 1. The van der Waals surface area contributed by atoms with E-state index in [9.17, 15) is 9.59 Å². The quantitative estimate of drug-likeness (QED) is 0.593. The van der Waals surface area contributed by atoms with Crippen molar-refractivity contribution < 1.29 is 14.7 Å². The molecule has 0 bridgehead atoms. The predicted octanol–water partition coefficient (Wildman–Crippen LogP) is 1.28. The highest BCUT2D eigenvalue weighted by molar-refractivity contribution is 5.74. The summed E-state index contributed by atoms with van der Waals surface area (Å²) in [5.74, 6) is -0.0561. The lowest BCUT2D eigenvalue weighted by Crippen LogP contribution is -2.44. The molecule has 21 heavy (non-hydrogen) atoms. The number of imidazole rings is 1. The van der Waals surface area contributed by atoms with E-state index in [2.05, 4.69) is 20.6 Å². The normalized spacial score (nSPS) is 21.7. The third-order valence-corrected chi connectivity index (χ3v) is 3.84. The van der Waals surface area contributed by atoms with Gasteiger partial charge in [-0.2, -0.15) is 0 Å². The summed E-state index contributed by atoms with van der Waals surface area (Å²) in [7, 11) is 0.